The summed E-state index contributed by atoms with van der Waals surface area (Å²) in [6.45, 7) is 0.372. The van der Waals surface area contributed by atoms with E-state index in [1.54, 1.807) is 30.1 Å². The first kappa shape index (κ1) is 13.9. The molecule has 4 nitrogen and oxygen atoms in total. The van der Waals surface area contributed by atoms with E-state index in [9.17, 15) is 8.78 Å². The second kappa shape index (κ2) is 5.64. The number of pyridine rings is 1. The van der Waals surface area contributed by atoms with Crippen LogP contribution in [-0.4, -0.2) is 17.9 Å². The highest BCUT2D eigenvalue weighted by Crippen LogP contribution is 2.18. The first-order valence-electron chi connectivity index (χ1n) is 5.93. The van der Waals surface area contributed by atoms with E-state index in [4.69, 9.17) is 11.1 Å². The van der Waals surface area contributed by atoms with Crippen molar-refractivity contribution in [3.05, 3.63) is 59.3 Å². The summed E-state index contributed by atoms with van der Waals surface area (Å²) in [4.78, 5) is 5.30. The molecule has 3 N–H and O–H groups in total. The lowest BCUT2D eigenvalue weighted by Crippen LogP contribution is -2.20. The van der Waals surface area contributed by atoms with Gasteiger partial charge in [-0.05, 0) is 11.6 Å². The van der Waals surface area contributed by atoms with Crippen molar-refractivity contribution < 1.29 is 8.78 Å². The maximum atomic E-state index is 13.6. The molecule has 0 aliphatic heterocycles. The quantitative estimate of drug-likeness (QED) is 0.665. The fraction of sp³-hybridized carbons (Fsp3) is 0.143. The Balaban J connectivity index is 2.21. The summed E-state index contributed by atoms with van der Waals surface area (Å²) in [5.41, 5.74) is 6.87. The van der Waals surface area contributed by atoms with Gasteiger partial charge in [0.1, 0.15) is 11.7 Å². The lowest BCUT2D eigenvalue weighted by Gasteiger charge is -2.19. The number of hydrogen-bond donors (Lipinski definition) is 2. The summed E-state index contributed by atoms with van der Waals surface area (Å²) < 4.78 is 26.4. The molecule has 0 spiro atoms. The predicted molar refractivity (Wildman–Crippen MR) is 73.7 cm³/mol. The number of nitrogens with two attached hydrogens (primary N) is 1. The molecule has 0 unspecified atom stereocenters. The lowest BCUT2D eigenvalue weighted by atomic mass is 10.1. The van der Waals surface area contributed by atoms with Gasteiger partial charge in [0.15, 0.2) is 11.6 Å². The Morgan fingerprint density at radius 3 is 2.75 bits per heavy atom. The number of rotatable bonds is 4. The van der Waals surface area contributed by atoms with Crippen molar-refractivity contribution in [1.29, 1.82) is 5.41 Å². The third-order valence-corrected chi connectivity index (χ3v) is 2.81. The number of amidine groups is 1. The molecule has 0 amide bonds. The lowest BCUT2D eigenvalue weighted by molar-refractivity contribution is 0.570. The molecule has 2 rings (SSSR count). The number of anilines is 1. The van der Waals surface area contributed by atoms with E-state index in [0.29, 0.717) is 12.1 Å². The zero-order valence-electron chi connectivity index (χ0n) is 10.9. The van der Waals surface area contributed by atoms with Gasteiger partial charge in [-0.2, -0.15) is 0 Å². The molecule has 6 heteroatoms. The number of aromatic nitrogens is 1. The van der Waals surface area contributed by atoms with Gasteiger partial charge in [0, 0.05) is 25.2 Å². The molecule has 2 aromatic rings. The molecule has 1 aromatic carbocycles. The van der Waals surface area contributed by atoms with Crippen molar-refractivity contribution in [2.45, 2.75) is 6.54 Å². The first-order chi connectivity index (χ1) is 9.47. The zero-order valence-corrected chi connectivity index (χ0v) is 10.9. The maximum Gasteiger partial charge on any atom is 0.168 e. The Kier molecular flexibility index (Phi) is 3.93. The van der Waals surface area contributed by atoms with Crippen LogP contribution in [-0.2, 0) is 6.54 Å². The van der Waals surface area contributed by atoms with Crippen LogP contribution in [0.3, 0.4) is 0 Å². The van der Waals surface area contributed by atoms with Gasteiger partial charge in [-0.25, -0.2) is 13.8 Å². The van der Waals surface area contributed by atoms with E-state index in [-0.39, 0.29) is 11.7 Å². The number of benzene rings is 1. The summed E-state index contributed by atoms with van der Waals surface area (Å²) in [6, 6.07) is 7.88. The molecule has 0 bridgehead atoms. The molecular weight excluding hydrogens is 262 g/mol. The minimum Gasteiger partial charge on any atom is -0.384 e. The Bertz CT molecular complexity index is 643. The van der Waals surface area contributed by atoms with E-state index >= 15 is 0 Å². The molecule has 0 aliphatic rings. The van der Waals surface area contributed by atoms with Crippen LogP contribution in [0.2, 0.25) is 0 Å². The van der Waals surface area contributed by atoms with Crippen LogP contribution in [0.5, 0.6) is 0 Å². The van der Waals surface area contributed by atoms with Gasteiger partial charge in [0.2, 0.25) is 0 Å². The monoisotopic (exact) mass is 276 g/mol. The third kappa shape index (κ3) is 3.09. The molecule has 0 fully saturated rings. The van der Waals surface area contributed by atoms with Crippen molar-refractivity contribution >= 4 is 11.7 Å². The molecule has 0 aliphatic carbocycles. The molecule has 20 heavy (non-hydrogen) atoms. The molecule has 0 radical (unpaired) electrons. The van der Waals surface area contributed by atoms with Crippen molar-refractivity contribution in [2.24, 2.45) is 5.73 Å². The summed E-state index contributed by atoms with van der Waals surface area (Å²) >= 11 is 0. The van der Waals surface area contributed by atoms with Gasteiger partial charge < -0.3 is 10.6 Å². The Hall–Kier alpha value is -2.50. The zero-order chi connectivity index (χ0) is 14.7. The summed E-state index contributed by atoms with van der Waals surface area (Å²) in [5.74, 6) is -1.38. The highest BCUT2D eigenvalue weighted by molar-refractivity contribution is 5.95. The summed E-state index contributed by atoms with van der Waals surface area (Å²) in [7, 11) is 1.66. The highest BCUT2D eigenvalue weighted by atomic mass is 19.1. The number of nitrogens with one attached hydrogen (secondary N) is 1. The Labute approximate surface area is 115 Å². The van der Waals surface area contributed by atoms with E-state index < -0.39 is 11.6 Å². The average Bonchev–Trinajstić information content (AvgIpc) is 2.38. The third-order valence-electron chi connectivity index (χ3n) is 2.81. The fourth-order valence-corrected chi connectivity index (χ4v) is 1.87. The number of halogens is 2. The van der Waals surface area contributed by atoms with Crippen LogP contribution < -0.4 is 10.6 Å². The molecule has 0 saturated carbocycles. The standard InChI is InChI=1S/C14H14F2N4/c1-20(14-12(16)6-11(15)7-19-14)8-9-3-2-4-10(5-9)13(17)18/h2-7H,8H2,1H3,(H3,17,18). The van der Waals surface area contributed by atoms with Crippen molar-refractivity contribution in [3.8, 4) is 0 Å². The number of nitrogen functional groups attached to an aromatic ring is 1. The largest absolute Gasteiger partial charge is 0.384 e. The molecular formula is C14H14F2N4. The van der Waals surface area contributed by atoms with Gasteiger partial charge in [0.25, 0.3) is 0 Å². The van der Waals surface area contributed by atoms with E-state index in [1.165, 1.54) is 0 Å². The normalized spacial score (nSPS) is 10.3. The van der Waals surface area contributed by atoms with Crippen LogP contribution in [0.1, 0.15) is 11.1 Å². The molecule has 1 aromatic heterocycles. The van der Waals surface area contributed by atoms with Gasteiger partial charge in [-0.15, -0.1) is 0 Å². The van der Waals surface area contributed by atoms with Crippen LogP contribution in [0.25, 0.3) is 0 Å². The van der Waals surface area contributed by atoms with E-state index in [2.05, 4.69) is 4.98 Å². The molecule has 0 atom stereocenters. The first-order valence-corrected chi connectivity index (χ1v) is 5.93. The SMILES string of the molecule is CN(Cc1cccc(C(=N)N)c1)c1ncc(F)cc1F. The summed E-state index contributed by atoms with van der Waals surface area (Å²) in [6.07, 6.45) is 0.973. The van der Waals surface area contributed by atoms with E-state index in [0.717, 1.165) is 17.8 Å². The highest BCUT2D eigenvalue weighted by Gasteiger charge is 2.11. The number of hydrogen-bond acceptors (Lipinski definition) is 3. The Morgan fingerprint density at radius 2 is 2.10 bits per heavy atom. The molecule has 104 valence electrons. The van der Waals surface area contributed by atoms with Crippen LogP contribution in [0.4, 0.5) is 14.6 Å². The second-order valence-electron chi connectivity index (χ2n) is 4.43. The second-order valence-corrected chi connectivity index (χ2v) is 4.43. The number of nitrogens with zero attached hydrogens (tertiary/aromatic N) is 2. The Morgan fingerprint density at radius 1 is 1.35 bits per heavy atom. The van der Waals surface area contributed by atoms with Crippen LogP contribution >= 0.6 is 0 Å². The fourth-order valence-electron chi connectivity index (χ4n) is 1.87. The predicted octanol–water partition coefficient (Wildman–Crippen LogP) is 2.28. The maximum absolute atomic E-state index is 13.6. The minimum atomic E-state index is -0.713. The van der Waals surface area contributed by atoms with Gasteiger partial charge in [-0.1, -0.05) is 18.2 Å². The van der Waals surface area contributed by atoms with Crippen LogP contribution in [0.15, 0.2) is 36.5 Å². The van der Waals surface area contributed by atoms with Crippen LogP contribution in [0, 0.1) is 17.0 Å². The topological polar surface area (TPSA) is 66.0 Å². The summed E-state index contributed by atoms with van der Waals surface area (Å²) in [5, 5.41) is 7.39. The van der Waals surface area contributed by atoms with Crippen molar-refractivity contribution in [1.82, 2.24) is 4.98 Å². The van der Waals surface area contributed by atoms with Gasteiger partial charge in [0.05, 0.1) is 6.20 Å². The minimum absolute atomic E-state index is 0.0272. The average molecular weight is 276 g/mol. The van der Waals surface area contributed by atoms with E-state index in [1.807, 2.05) is 6.07 Å². The van der Waals surface area contributed by atoms with Gasteiger partial charge in [-0.3, -0.25) is 5.41 Å². The smallest absolute Gasteiger partial charge is 0.168 e. The molecule has 0 saturated heterocycles. The van der Waals surface area contributed by atoms with Gasteiger partial charge >= 0.3 is 0 Å². The molecule has 1 heterocycles. The van der Waals surface area contributed by atoms with Crippen molar-refractivity contribution in [2.75, 3.05) is 11.9 Å². The van der Waals surface area contributed by atoms with Crippen molar-refractivity contribution in [3.63, 3.8) is 0 Å².